The Balaban J connectivity index is 1.74. The lowest BCUT2D eigenvalue weighted by atomic mass is 10.1. The zero-order chi connectivity index (χ0) is 17.9. The highest BCUT2D eigenvalue weighted by Gasteiger charge is 2.12. The van der Waals surface area contributed by atoms with Gasteiger partial charge in [-0.25, -0.2) is 9.97 Å². The van der Waals surface area contributed by atoms with Gasteiger partial charge >= 0.3 is 0 Å². The number of benzene rings is 1. The Labute approximate surface area is 152 Å². The van der Waals surface area contributed by atoms with Gasteiger partial charge < -0.3 is 5.32 Å². The van der Waals surface area contributed by atoms with Crippen LogP contribution in [0.1, 0.15) is 23.7 Å². The Morgan fingerprint density at radius 3 is 2.69 bits per heavy atom. The van der Waals surface area contributed by atoms with E-state index in [1.807, 2.05) is 42.0 Å². The highest BCUT2D eigenvalue weighted by atomic mass is 15.3. The average molecular weight is 344 g/mol. The van der Waals surface area contributed by atoms with Crippen molar-refractivity contribution in [3.8, 4) is 11.3 Å². The molecule has 0 aliphatic heterocycles. The SMILES string of the molecule is CCc1cnn2c(NCc3ccc(C)[nH+]c3)cc(-c3ccccc3)nc12. The molecule has 5 nitrogen and oxygen atoms in total. The quantitative estimate of drug-likeness (QED) is 0.601. The molecule has 4 rings (SSSR count). The summed E-state index contributed by atoms with van der Waals surface area (Å²) >= 11 is 0. The summed E-state index contributed by atoms with van der Waals surface area (Å²) < 4.78 is 1.89. The molecule has 3 heterocycles. The summed E-state index contributed by atoms with van der Waals surface area (Å²) in [4.78, 5) is 8.11. The monoisotopic (exact) mass is 344 g/mol. The van der Waals surface area contributed by atoms with Crippen molar-refractivity contribution in [3.63, 3.8) is 0 Å². The molecule has 2 N–H and O–H groups in total. The minimum absolute atomic E-state index is 0.714. The molecule has 0 saturated carbocycles. The number of anilines is 1. The number of nitrogens with one attached hydrogen (secondary N) is 2. The summed E-state index contributed by atoms with van der Waals surface area (Å²) in [5, 5.41) is 8.05. The smallest absolute Gasteiger partial charge is 0.176 e. The van der Waals surface area contributed by atoms with Gasteiger partial charge in [0.1, 0.15) is 5.82 Å². The Bertz CT molecular complexity index is 1020. The number of aryl methyl sites for hydroxylation is 2. The number of rotatable bonds is 5. The van der Waals surface area contributed by atoms with Crippen molar-refractivity contribution in [2.75, 3.05) is 5.32 Å². The van der Waals surface area contributed by atoms with E-state index in [-0.39, 0.29) is 0 Å². The molecule has 0 radical (unpaired) electrons. The Morgan fingerprint density at radius 1 is 1.12 bits per heavy atom. The first-order valence-electron chi connectivity index (χ1n) is 8.89. The number of pyridine rings is 1. The summed E-state index contributed by atoms with van der Waals surface area (Å²) in [6, 6.07) is 16.5. The molecular weight excluding hydrogens is 322 g/mol. The molecule has 1 aromatic carbocycles. The maximum Gasteiger partial charge on any atom is 0.176 e. The van der Waals surface area contributed by atoms with Crippen LogP contribution in [0.2, 0.25) is 0 Å². The fraction of sp³-hybridized carbons (Fsp3) is 0.190. The molecule has 0 aliphatic rings. The third kappa shape index (κ3) is 3.16. The fourth-order valence-corrected chi connectivity index (χ4v) is 2.98. The van der Waals surface area contributed by atoms with Gasteiger partial charge in [0, 0.05) is 42.3 Å². The van der Waals surface area contributed by atoms with Crippen molar-refractivity contribution in [2.24, 2.45) is 0 Å². The van der Waals surface area contributed by atoms with Gasteiger partial charge in [-0.2, -0.15) is 9.61 Å². The Hall–Kier alpha value is -3.21. The maximum atomic E-state index is 4.86. The van der Waals surface area contributed by atoms with Gasteiger partial charge in [0.05, 0.1) is 11.9 Å². The number of H-pyrrole nitrogens is 1. The maximum absolute atomic E-state index is 4.86. The molecule has 0 spiro atoms. The number of aromatic amines is 1. The van der Waals surface area contributed by atoms with Gasteiger partial charge in [-0.1, -0.05) is 37.3 Å². The summed E-state index contributed by atoms with van der Waals surface area (Å²) in [5.41, 5.74) is 6.44. The fourth-order valence-electron chi connectivity index (χ4n) is 2.98. The van der Waals surface area contributed by atoms with Crippen molar-refractivity contribution in [1.82, 2.24) is 14.6 Å². The van der Waals surface area contributed by atoms with E-state index in [1.165, 1.54) is 5.56 Å². The number of nitrogens with zero attached hydrogens (tertiary/aromatic N) is 3. The van der Waals surface area contributed by atoms with Crippen LogP contribution in [-0.4, -0.2) is 14.6 Å². The van der Waals surface area contributed by atoms with Crippen LogP contribution in [0.15, 0.2) is 60.9 Å². The van der Waals surface area contributed by atoms with E-state index in [0.717, 1.165) is 40.4 Å². The molecule has 0 fully saturated rings. The first-order valence-corrected chi connectivity index (χ1v) is 8.89. The van der Waals surface area contributed by atoms with E-state index in [2.05, 4.69) is 52.7 Å². The first-order chi connectivity index (χ1) is 12.7. The predicted molar refractivity (Wildman–Crippen MR) is 103 cm³/mol. The molecule has 130 valence electrons. The third-order valence-electron chi connectivity index (χ3n) is 4.50. The topological polar surface area (TPSA) is 56.4 Å². The van der Waals surface area contributed by atoms with Crippen LogP contribution >= 0.6 is 0 Å². The standard InChI is InChI=1S/C21H21N5/c1-3-17-14-24-26-20(23-13-16-10-9-15(2)22-12-16)11-19(25-21(17)26)18-7-5-4-6-8-18/h4-12,14,23H,3,13H2,1-2H3/p+1. The van der Waals surface area contributed by atoms with Crippen LogP contribution in [-0.2, 0) is 13.0 Å². The molecule has 0 bridgehead atoms. The lowest BCUT2D eigenvalue weighted by molar-refractivity contribution is -0.388. The van der Waals surface area contributed by atoms with E-state index in [4.69, 9.17) is 4.98 Å². The van der Waals surface area contributed by atoms with Crippen molar-refractivity contribution in [3.05, 3.63) is 77.7 Å². The number of hydrogen-bond acceptors (Lipinski definition) is 3. The second-order valence-corrected chi connectivity index (χ2v) is 6.38. The summed E-state index contributed by atoms with van der Waals surface area (Å²) in [6.07, 6.45) is 4.84. The molecule has 0 aliphatic carbocycles. The molecule has 4 aromatic rings. The van der Waals surface area contributed by atoms with Crippen LogP contribution in [0.4, 0.5) is 5.82 Å². The highest BCUT2D eigenvalue weighted by molar-refractivity contribution is 5.67. The molecule has 0 saturated heterocycles. The van der Waals surface area contributed by atoms with Crippen LogP contribution in [0.3, 0.4) is 0 Å². The molecule has 26 heavy (non-hydrogen) atoms. The first kappa shape index (κ1) is 16.3. The second-order valence-electron chi connectivity index (χ2n) is 6.38. The summed E-state index contributed by atoms with van der Waals surface area (Å²) in [6.45, 7) is 4.89. The van der Waals surface area contributed by atoms with Crippen LogP contribution < -0.4 is 10.3 Å². The van der Waals surface area contributed by atoms with Crippen LogP contribution in [0.25, 0.3) is 16.9 Å². The van der Waals surface area contributed by atoms with Crippen molar-refractivity contribution in [2.45, 2.75) is 26.8 Å². The Kier molecular flexibility index (Phi) is 4.35. The number of fused-ring (bicyclic) bond motifs is 1. The normalized spacial score (nSPS) is 11.0. The minimum atomic E-state index is 0.714. The molecular formula is C21H22N5+. The molecule has 5 heteroatoms. The van der Waals surface area contributed by atoms with Crippen molar-refractivity contribution in [1.29, 1.82) is 0 Å². The van der Waals surface area contributed by atoms with Crippen molar-refractivity contribution < 1.29 is 4.98 Å². The zero-order valence-electron chi connectivity index (χ0n) is 15.0. The summed E-state index contributed by atoms with van der Waals surface area (Å²) in [7, 11) is 0. The lowest BCUT2D eigenvalue weighted by Gasteiger charge is -2.11. The molecule has 3 aromatic heterocycles. The van der Waals surface area contributed by atoms with E-state index >= 15 is 0 Å². The summed E-state index contributed by atoms with van der Waals surface area (Å²) in [5.74, 6) is 0.939. The van der Waals surface area contributed by atoms with Crippen molar-refractivity contribution >= 4 is 11.5 Å². The van der Waals surface area contributed by atoms with Crippen LogP contribution in [0.5, 0.6) is 0 Å². The third-order valence-corrected chi connectivity index (χ3v) is 4.50. The van der Waals surface area contributed by atoms with Gasteiger partial charge in [-0.05, 0) is 12.5 Å². The van der Waals surface area contributed by atoms with E-state index in [1.54, 1.807) is 0 Å². The van der Waals surface area contributed by atoms with Crippen LogP contribution in [0, 0.1) is 6.92 Å². The van der Waals surface area contributed by atoms with E-state index in [0.29, 0.717) is 6.54 Å². The lowest BCUT2D eigenvalue weighted by Crippen LogP contribution is -2.11. The van der Waals surface area contributed by atoms with E-state index in [9.17, 15) is 0 Å². The second kappa shape index (κ2) is 6.96. The minimum Gasteiger partial charge on any atom is -0.366 e. The Morgan fingerprint density at radius 2 is 1.96 bits per heavy atom. The molecule has 0 atom stereocenters. The number of aromatic nitrogens is 4. The number of hydrogen-bond donors (Lipinski definition) is 1. The van der Waals surface area contributed by atoms with Gasteiger partial charge in [0.25, 0.3) is 0 Å². The predicted octanol–water partition coefficient (Wildman–Crippen LogP) is 3.69. The molecule has 0 unspecified atom stereocenters. The average Bonchev–Trinajstić information content (AvgIpc) is 3.11. The highest BCUT2D eigenvalue weighted by Crippen LogP contribution is 2.24. The van der Waals surface area contributed by atoms with Gasteiger partial charge in [-0.15, -0.1) is 0 Å². The van der Waals surface area contributed by atoms with E-state index < -0.39 is 0 Å². The van der Waals surface area contributed by atoms with Gasteiger partial charge in [-0.3, -0.25) is 0 Å². The zero-order valence-corrected chi connectivity index (χ0v) is 15.0. The van der Waals surface area contributed by atoms with Gasteiger partial charge in [0.15, 0.2) is 17.5 Å². The molecule has 0 amide bonds. The van der Waals surface area contributed by atoms with Gasteiger partial charge in [0.2, 0.25) is 0 Å². The largest absolute Gasteiger partial charge is 0.366 e.